The highest BCUT2D eigenvalue weighted by molar-refractivity contribution is 7.52. The zero-order chi connectivity index (χ0) is 14.6. The van der Waals surface area contributed by atoms with Crippen LogP contribution in [0.3, 0.4) is 0 Å². The van der Waals surface area contributed by atoms with Gasteiger partial charge in [-0.1, -0.05) is 36.4 Å². The van der Waals surface area contributed by atoms with Crippen LogP contribution in [0.2, 0.25) is 0 Å². The van der Waals surface area contributed by atoms with Gasteiger partial charge in [-0.25, -0.2) is 4.57 Å². The first kappa shape index (κ1) is 14.4. The van der Waals surface area contributed by atoms with Crippen molar-refractivity contribution in [2.45, 2.75) is 0 Å². The maximum absolute atomic E-state index is 11.1. The summed E-state index contributed by atoms with van der Waals surface area (Å²) in [4.78, 5) is 9.11. The first-order valence-corrected chi connectivity index (χ1v) is 8.02. The molecule has 0 spiro atoms. The van der Waals surface area contributed by atoms with Crippen LogP contribution in [0.1, 0.15) is 11.1 Å². The zero-order valence-electron chi connectivity index (χ0n) is 10.9. The lowest BCUT2D eigenvalue weighted by Crippen LogP contribution is -1.88. The molecule has 0 amide bonds. The highest BCUT2D eigenvalue weighted by Gasteiger charge is 2.10. The summed E-state index contributed by atoms with van der Waals surface area (Å²) in [5.74, 6) is 0.594. The summed E-state index contributed by atoms with van der Waals surface area (Å²) in [5.41, 5.74) is 1.91. The minimum Gasteiger partial charge on any atom is -0.508 e. The molecule has 1 unspecified atom stereocenters. The predicted molar refractivity (Wildman–Crippen MR) is 79.9 cm³/mol. The van der Waals surface area contributed by atoms with Crippen LogP contribution in [0, 0.1) is 0 Å². The molecule has 0 saturated carbocycles. The van der Waals surface area contributed by atoms with Crippen molar-refractivity contribution in [2.75, 3.05) is 6.66 Å². The molecule has 0 aromatic heterocycles. The van der Waals surface area contributed by atoms with Crippen molar-refractivity contribution >= 4 is 19.7 Å². The van der Waals surface area contributed by atoms with Gasteiger partial charge < -0.3 is 14.5 Å². The first-order chi connectivity index (χ1) is 9.42. The molecule has 0 aliphatic heterocycles. The van der Waals surface area contributed by atoms with E-state index < -0.39 is 7.60 Å². The SMILES string of the molecule is CP(=O)(O)Oc1ccc(/C=C/c2ccc(O)cc2)cc1. The number of hydrogen-bond acceptors (Lipinski definition) is 3. The average molecular weight is 290 g/mol. The molecule has 20 heavy (non-hydrogen) atoms. The molecule has 0 aliphatic rings. The van der Waals surface area contributed by atoms with E-state index in [0.29, 0.717) is 5.75 Å². The Labute approximate surface area is 117 Å². The van der Waals surface area contributed by atoms with Gasteiger partial charge in [-0.15, -0.1) is 0 Å². The van der Waals surface area contributed by atoms with E-state index in [4.69, 9.17) is 9.42 Å². The van der Waals surface area contributed by atoms with Crippen molar-refractivity contribution < 1.29 is 19.1 Å². The second-order valence-electron chi connectivity index (χ2n) is 4.39. The number of hydrogen-bond donors (Lipinski definition) is 2. The molecular weight excluding hydrogens is 275 g/mol. The Kier molecular flexibility index (Phi) is 4.28. The van der Waals surface area contributed by atoms with Gasteiger partial charge in [0.05, 0.1) is 0 Å². The maximum atomic E-state index is 11.1. The van der Waals surface area contributed by atoms with Crippen molar-refractivity contribution in [3.05, 3.63) is 59.7 Å². The van der Waals surface area contributed by atoms with Crippen LogP contribution in [-0.2, 0) is 4.57 Å². The summed E-state index contributed by atoms with van der Waals surface area (Å²) < 4.78 is 16.0. The van der Waals surface area contributed by atoms with Crippen LogP contribution in [0.5, 0.6) is 11.5 Å². The van der Waals surface area contributed by atoms with E-state index in [1.807, 2.05) is 24.3 Å². The van der Waals surface area contributed by atoms with Gasteiger partial charge in [-0.05, 0) is 35.4 Å². The van der Waals surface area contributed by atoms with Crippen molar-refractivity contribution in [1.29, 1.82) is 0 Å². The summed E-state index contributed by atoms with van der Waals surface area (Å²) in [6.45, 7) is 1.14. The van der Waals surface area contributed by atoms with Gasteiger partial charge in [0, 0.05) is 6.66 Å². The summed E-state index contributed by atoms with van der Waals surface area (Å²) in [6.07, 6.45) is 3.81. The molecule has 0 heterocycles. The third-order valence-electron chi connectivity index (χ3n) is 2.52. The van der Waals surface area contributed by atoms with Crippen molar-refractivity contribution in [3.8, 4) is 11.5 Å². The topological polar surface area (TPSA) is 66.8 Å². The van der Waals surface area contributed by atoms with Crippen LogP contribution in [-0.4, -0.2) is 16.7 Å². The zero-order valence-corrected chi connectivity index (χ0v) is 11.8. The molecule has 5 heteroatoms. The Morgan fingerprint density at radius 2 is 1.40 bits per heavy atom. The smallest absolute Gasteiger partial charge is 0.373 e. The molecular formula is C15H15O4P. The Balaban J connectivity index is 2.07. The maximum Gasteiger partial charge on any atom is 0.373 e. The number of phenolic OH excluding ortho intramolecular Hbond substituents is 1. The van der Waals surface area contributed by atoms with E-state index in [0.717, 1.165) is 17.8 Å². The molecule has 4 nitrogen and oxygen atoms in total. The van der Waals surface area contributed by atoms with E-state index >= 15 is 0 Å². The molecule has 0 aliphatic carbocycles. The quantitative estimate of drug-likeness (QED) is 0.664. The average Bonchev–Trinajstić information content (AvgIpc) is 2.38. The van der Waals surface area contributed by atoms with Crippen LogP contribution in [0.25, 0.3) is 12.2 Å². The first-order valence-electron chi connectivity index (χ1n) is 5.99. The van der Waals surface area contributed by atoms with Gasteiger partial charge in [-0.2, -0.15) is 0 Å². The van der Waals surface area contributed by atoms with Crippen molar-refractivity contribution in [3.63, 3.8) is 0 Å². The Bertz CT molecular complexity index is 639. The Morgan fingerprint density at radius 3 is 1.85 bits per heavy atom. The minimum absolute atomic E-state index is 0.233. The largest absolute Gasteiger partial charge is 0.508 e. The van der Waals surface area contributed by atoms with E-state index in [1.165, 1.54) is 0 Å². The van der Waals surface area contributed by atoms with Crippen LogP contribution >= 0.6 is 7.60 Å². The summed E-state index contributed by atoms with van der Waals surface area (Å²) >= 11 is 0. The molecule has 104 valence electrons. The number of rotatable bonds is 4. The fourth-order valence-electron chi connectivity index (χ4n) is 1.61. The molecule has 0 saturated heterocycles. The lowest BCUT2D eigenvalue weighted by Gasteiger charge is -2.08. The Hall–Kier alpha value is -2.03. The van der Waals surface area contributed by atoms with Gasteiger partial charge >= 0.3 is 7.60 Å². The van der Waals surface area contributed by atoms with Crippen LogP contribution in [0.15, 0.2) is 48.5 Å². The predicted octanol–water partition coefficient (Wildman–Crippen LogP) is 3.76. The summed E-state index contributed by atoms with van der Waals surface area (Å²) in [6, 6.07) is 13.7. The standard InChI is InChI=1S/C15H15O4P/c1-20(17,18)19-15-10-6-13(7-11-15)3-2-12-4-8-14(16)9-5-12/h2-11,16H,1H3,(H,17,18)/b3-2+. The molecule has 0 radical (unpaired) electrons. The second-order valence-corrected chi connectivity index (χ2v) is 6.18. The molecule has 0 bridgehead atoms. The third-order valence-corrected chi connectivity index (χ3v) is 3.07. The molecule has 0 fully saturated rings. The fourth-order valence-corrected chi connectivity index (χ4v) is 2.13. The van der Waals surface area contributed by atoms with Gasteiger partial charge in [-0.3, -0.25) is 0 Å². The molecule has 2 N–H and O–H groups in total. The number of benzene rings is 2. The monoisotopic (exact) mass is 290 g/mol. The van der Waals surface area contributed by atoms with Gasteiger partial charge in [0.25, 0.3) is 0 Å². The van der Waals surface area contributed by atoms with Crippen LogP contribution in [0.4, 0.5) is 0 Å². The van der Waals surface area contributed by atoms with Crippen molar-refractivity contribution in [1.82, 2.24) is 0 Å². The molecule has 2 aromatic carbocycles. The van der Waals surface area contributed by atoms with E-state index in [-0.39, 0.29) is 5.75 Å². The van der Waals surface area contributed by atoms with E-state index in [9.17, 15) is 9.67 Å². The lowest BCUT2D eigenvalue weighted by molar-refractivity contribution is 0.387. The van der Waals surface area contributed by atoms with Gasteiger partial charge in [0.15, 0.2) is 0 Å². The van der Waals surface area contributed by atoms with Gasteiger partial charge in [0.2, 0.25) is 0 Å². The minimum atomic E-state index is -3.51. The lowest BCUT2D eigenvalue weighted by atomic mass is 10.1. The summed E-state index contributed by atoms with van der Waals surface area (Å²) in [7, 11) is -3.51. The van der Waals surface area contributed by atoms with Crippen LogP contribution < -0.4 is 4.52 Å². The molecule has 1 atom stereocenters. The van der Waals surface area contributed by atoms with E-state index in [2.05, 4.69) is 0 Å². The third kappa shape index (κ3) is 4.57. The highest BCUT2D eigenvalue weighted by Crippen LogP contribution is 2.37. The number of phenols is 1. The second kappa shape index (κ2) is 5.95. The summed E-state index contributed by atoms with van der Waals surface area (Å²) in [5, 5.41) is 9.18. The normalized spacial score (nSPS) is 14.1. The molecule has 2 rings (SSSR count). The Morgan fingerprint density at radius 1 is 0.950 bits per heavy atom. The number of aromatic hydroxyl groups is 1. The van der Waals surface area contributed by atoms with Gasteiger partial charge in [0.1, 0.15) is 11.5 Å². The van der Waals surface area contributed by atoms with Crippen molar-refractivity contribution in [2.24, 2.45) is 0 Å². The fraction of sp³-hybridized carbons (Fsp3) is 0.0667. The van der Waals surface area contributed by atoms with E-state index in [1.54, 1.807) is 36.4 Å². The molecule has 2 aromatic rings. The highest BCUT2D eigenvalue weighted by atomic mass is 31.2.